The fourth-order valence-electron chi connectivity index (χ4n) is 5.88. The second kappa shape index (κ2) is 13.7. The third-order valence-electron chi connectivity index (χ3n) is 8.16. The van der Waals surface area contributed by atoms with Gasteiger partial charge < -0.3 is 14.5 Å². The minimum atomic E-state index is -0.538. The predicted octanol–water partition coefficient (Wildman–Crippen LogP) is 5.22. The van der Waals surface area contributed by atoms with Crippen LogP contribution < -0.4 is 9.64 Å². The van der Waals surface area contributed by atoms with E-state index in [0.29, 0.717) is 37.3 Å². The number of ketones is 2. The summed E-state index contributed by atoms with van der Waals surface area (Å²) in [6.45, 7) is 5.27. The van der Waals surface area contributed by atoms with Crippen molar-refractivity contribution in [3.63, 3.8) is 0 Å². The van der Waals surface area contributed by atoms with E-state index in [1.54, 1.807) is 17.0 Å². The molecular formula is C32H34Cl2FN3O4. The lowest BCUT2D eigenvalue weighted by Gasteiger charge is -2.36. The number of nitrogens with zero attached hydrogens (tertiary/aromatic N) is 3. The number of hydrogen-bond donors (Lipinski definition) is 0. The minimum absolute atomic E-state index is 0. The molecule has 3 aromatic rings. The lowest BCUT2D eigenvalue weighted by atomic mass is 9.92. The second-order valence-electron chi connectivity index (χ2n) is 10.8. The van der Waals surface area contributed by atoms with Crippen LogP contribution in [0.15, 0.2) is 66.7 Å². The zero-order valence-corrected chi connectivity index (χ0v) is 24.8. The fraction of sp³-hybridized carbons (Fsp3) is 0.344. The maximum atomic E-state index is 13.2. The summed E-state index contributed by atoms with van der Waals surface area (Å²) in [5, 5.41) is 0. The van der Waals surface area contributed by atoms with Crippen LogP contribution in [-0.2, 0) is 29.3 Å². The van der Waals surface area contributed by atoms with Crippen LogP contribution in [0.1, 0.15) is 46.3 Å². The van der Waals surface area contributed by atoms with E-state index in [-0.39, 0.29) is 54.5 Å². The minimum Gasteiger partial charge on any atom is -0.489 e. The molecule has 1 unspecified atom stereocenters. The number of halogens is 3. The molecule has 3 aromatic carbocycles. The van der Waals surface area contributed by atoms with Crippen LogP contribution in [0.4, 0.5) is 10.1 Å². The van der Waals surface area contributed by atoms with E-state index < -0.39 is 6.04 Å². The van der Waals surface area contributed by atoms with Crippen LogP contribution in [-0.4, -0.2) is 59.5 Å². The van der Waals surface area contributed by atoms with Crippen molar-refractivity contribution in [2.45, 2.75) is 45.0 Å². The third kappa shape index (κ3) is 6.77. The number of amides is 1. The van der Waals surface area contributed by atoms with Gasteiger partial charge in [0.25, 0.3) is 5.91 Å². The number of anilines is 1. The smallest absolute Gasteiger partial charge is 0.255 e. The first-order chi connectivity index (χ1) is 19.4. The van der Waals surface area contributed by atoms with Crippen LogP contribution >= 0.6 is 24.8 Å². The molecule has 42 heavy (non-hydrogen) atoms. The van der Waals surface area contributed by atoms with Crippen molar-refractivity contribution in [3.8, 4) is 5.75 Å². The van der Waals surface area contributed by atoms with Crippen LogP contribution in [0.5, 0.6) is 5.75 Å². The molecule has 1 amide bonds. The molecule has 0 aromatic heterocycles. The third-order valence-corrected chi connectivity index (χ3v) is 8.16. The van der Waals surface area contributed by atoms with Gasteiger partial charge in [0.1, 0.15) is 24.0 Å². The second-order valence-corrected chi connectivity index (χ2v) is 10.8. The van der Waals surface area contributed by atoms with E-state index in [9.17, 15) is 18.8 Å². The molecule has 0 radical (unpaired) electrons. The highest BCUT2D eigenvalue weighted by molar-refractivity contribution is 6.07. The monoisotopic (exact) mass is 613 g/mol. The van der Waals surface area contributed by atoms with Crippen molar-refractivity contribution < 1.29 is 23.5 Å². The Bertz CT molecular complexity index is 1430. The zero-order chi connectivity index (χ0) is 27.6. The van der Waals surface area contributed by atoms with E-state index in [2.05, 4.69) is 34.1 Å². The van der Waals surface area contributed by atoms with Gasteiger partial charge in [-0.2, -0.15) is 0 Å². The van der Waals surface area contributed by atoms with Gasteiger partial charge >= 0.3 is 0 Å². The van der Waals surface area contributed by atoms with E-state index in [0.717, 1.165) is 49.5 Å². The van der Waals surface area contributed by atoms with Crippen molar-refractivity contribution in [1.29, 1.82) is 0 Å². The molecule has 1 atom stereocenters. The van der Waals surface area contributed by atoms with Crippen molar-refractivity contribution in [2.24, 2.45) is 0 Å². The van der Waals surface area contributed by atoms with E-state index in [1.807, 2.05) is 18.2 Å². The van der Waals surface area contributed by atoms with Gasteiger partial charge in [-0.25, -0.2) is 4.39 Å². The lowest BCUT2D eigenvalue weighted by Crippen LogP contribution is -2.45. The SMILES string of the molecule is Cl.Cl.O=C1CCC(N2Cc3c(OCc4ccc(CN5CCN(c6ccc(F)cc6)CC5)cc4)cccc3C2=O)C(=O)C1. The number of ether oxygens (including phenoxy) is 1. The highest BCUT2D eigenvalue weighted by Gasteiger charge is 2.40. The Balaban J connectivity index is 0.00000202. The Labute approximate surface area is 257 Å². The molecule has 6 rings (SSSR count). The van der Waals surface area contributed by atoms with Crippen LogP contribution in [0.3, 0.4) is 0 Å². The number of piperazine rings is 1. The Kier molecular flexibility index (Phi) is 10.2. The molecule has 2 heterocycles. The van der Waals surface area contributed by atoms with E-state index in [1.165, 1.54) is 17.7 Å². The predicted molar refractivity (Wildman–Crippen MR) is 163 cm³/mol. The summed E-state index contributed by atoms with van der Waals surface area (Å²) in [5.74, 6) is 0.0454. The Hall–Kier alpha value is -3.46. The summed E-state index contributed by atoms with van der Waals surface area (Å²) in [5.41, 5.74) is 4.69. The summed E-state index contributed by atoms with van der Waals surface area (Å²) in [6, 6.07) is 20.0. The average Bonchev–Trinajstić information content (AvgIpc) is 3.30. The molecule has 222 valence electrons. The maximum Gasteiger partial charge on any atom is 0.255 e. The first-order valence-corrected chi connectivity index (χ1v) is 13.9. The van der Waals surface area contributed by atoms with Crippen molar-refractivity contribution in [1.82, 2.24) is 9.80 Å². The first-order valence-electron chi connectivity index (χ1n) is 13.9. The highest BCUT2D eigenvalue weighted by Crippen LogP contribution is 2.34. The molecule has 7 nitrogen and oxygen atoms in total. The normalized spacial score (nSPS) is 18.8. The first kappa shape index (κ1) is 31.5. The van der Waals surface area contributed by atoms with Crippen LogP contribution in [0.2, 0.25) is 0 Å². The Morgan fingerprint density at radius 3 is 2.21 bits per heavy atom. The lowest BCUT2D eigenvalue weighted by molar-refractivity contribution is -0.133. The van der Waals surface area contributed by atoms with Crippen LogP contribution in [0.25, 0.3) is 0 Å². The number of hydrogen-bond acceptors (Lipinski definition) is 6. The van der Waals surface area contributed by atoms with Gasteiger partial charge in [0.15, 0.2) is 5.78 Å². The Morgan fingerprint density at radius 1 is 0.833 bits per heavy atom. The quantitative estimate of drug-likeness (QED) is 0.340. The summed E-state index contributed by atoms with van der Waals surface area (Å²) >= 11 is 0. The van der Waals surface area contributed by atoms with Crippen LogP contribution in [0, 0.1) is 5.82 Å². The van der Waals surface area contributed by atoms with Gasteiger partial charge in [-0.3, -0.25) is 19.3 Å². The molecule has 0 N–H and O–H groups in total. The van der Waals surface area contributed by atoms with E-state index in [4.69, 9.17) is 4.74 Å². The molecule has 10 heteroatoms. The van der Waals surface area contributed by atoms with Gasteiger partial charge in [0.2, 0.25) is 0 Å². The van der Waals surface area contributed by atoms with Crippen molar-refractivity contribution >= 4 is 48.0 Å². The summed E-state index contributed by atoms with van der Waals surface area (Å²) in [4.78, 5) is 43.5. The average molecular weight is 615 g/mol. The molecule has 3 aliphatic rings. The van der Waals surface area contributed by atoms with Gasteiger partial charge in [0.05, 0.1) is 19.0 Å². The number of carbonyl (C=O) groups is 3. The standard InChI is InChI=1S/C32H32FN3O4.2ClH/c33-24-8-10-25(11-9-24)35-16-14-34(15-17-35)19-22-4-6-23(7-5-22)21-40-31-3-1-2-27-28(31)20-36(32(27)39)29-13-12-26(37)18-30(29)38;;/h1-11,29H,12-21H2;2*1H. The molecular weight excluding hydrogens is 580 g/mol. The molecule has 1 saturated carbocycles. The molecule has 0 spiro atoms. The van der Waals surface area contributed by atoms with Gasteiger partial charge in [0, 0.05) is 56.0 Å². The van der Waals surface area contributed by atoms with Gasteiger partial charge in [-0.15, -0.1) is 24.8 Å². The topological polar surface area (TPSA) is 70.2 Å². The van der Waals surface area contributed by atoms with Gasteiger partial charge in [-0.05, 0) is 53.9 Å². The highest BCUT2D eigenvalue weighted by atomic mass is 35.5. The Morgan fingerprint density at radius 2 is 1.52 bits per heavy atom. The summed E-state index contributed by atoms with van der Waals surface area (Å²) < 4.78 is 19.4. The summed E-state index contributed by atoms with van der Waals surface area (Å²) in [6.07, 6.45) is 0.641. The molecule has 0 bridgehead atoms. The summed E-state index contributed by atoms with van der Waals surface area (Å²) in [7, 11) is 0. The molecule has 1 saturated heterocycles. The number of benzene rings is 3. The van der Waals surface area contributed by atoms with Gasteiger partial charge in [-0.1, -0.05) is 30.3 Å². The largest absolute Gasteiger partial charge is 0.489 e. The van der Waals surface area contributed by atoms with E-state index >= 15 is 0 Å². The van der Waals surface area contributed by atoms with Crippen molar-refractivity contribution in [3.05, 3.63) is 94.8 Å². The van der Waals surface area contributed by atoms with Crippen molar-refractivity contribution in [2.75, 3.05) is 31.1 Å². The number of fused-ring (bicyclic) bond motifs is 1. The zero-order valence-electron chi connectivity index (χ0n) is 23.2. The molecule has 2 aliphatic heterocycles. The maximum absolute atomic E-state index is 13.2. The molecule has 1 aliphatic carbocycles. The fourth-order valence-corrected chi connectivity index (χ4v) is 5.88. The number of carbonyl (C=O) groups excluding carboxylic acids is 3. The number of Topliss-reactive ketones (excluding diaryl/α,β-unsaturated/α-hetero) is 2. The number of rotatable bonds is 7. The molecule has 2 fully saturated rings.